The van der Waals surface area contributed by atoms with E-state index >= 15 is 0 Å². The van der Waals surface area contributed by atoms with Gasteiger partial charge in [0.05, 0.1) is 5.60 Å². The van der Waals surface area contributed by atoms with Crippen LogP contribution in [0.25, 0.3) is 0 Å². The summed E-state index contributed by atoms with van der Waals surface area (Å²) in [5.41, 5.74) is 0.154. The van der Waals surface area contributed by atoms with Gasteiger partial charge in [-0.1, -0.05) is 15.9 Å². The zero-order valence-electron chi connectivity index (χ0n) is 11.4. The van der Waals surface area contributed by atoms with Crippen LogP contribution < -0.4 is 0 Å². The van der Waals surface area contributed by atoms with Crippen LogP contribution in [0, 0.1) is 0 Å². The maximum atomic E-state index is 12.4. The molecule has 1 N–H and O–H groups in total. The average molecular weight is 326 g/mol. The number of nitrogens with zero attached hydrogens (tertiary/aromatic N) is 1. The number of halogens is 1. The summed E-state index contributed by atoms with van der Waals surface area (Å²) >= 11 is 3.37. The largest absolute Gasteiger partial charge is 0.390 e. The van der Waals surface area contributed by atoms with E-state index in [2.05, 4.69) is 15.9 Å². The summed E-state index contributed by atoms with van der Waals surface area (Å²) in [6.07, 6.45) is 3.25. The average Bonchev–Trinajstić information content (AvgIpc) is 2.38. The lowest BCUT2D eigenvalue weighted by molar-refractivity contribution is -0.000211. The molecule has 3 nitrogen and oxygen atoms in total. The highest BCUT2D eigenvalue weighted by molar-refractivity contribution is 9.10. The number of aliphatic hydroxyl groups is 1. The molecule has 19 heavy (non-hydrogen) atoms. The SMILES string of the molecule is CN(C(=O)c1ccc(Br)cc1)[C@H]1CC[C@](C)(O)CC1. The standard InChI is InChI=1S/C15H20BrNO2/c1-15(19)9-7-13(8-10-15)17(2)14(18)11-3-5-12(16)6-4-11/h3-6,13,19H,7-10H2,1-2H3/t13-,15-. The van der Waals surface area contributed by atoms with Crippen LogP contribution in [0.4, 0.5) is 0 Å². The van der Waals surface area contributed by atoms with Crippen LogP contribution in [0.3, 0.4) is 0 Å². The van der Waals surface area contributed by atoms with Crippen molar-refractivity contribution in [2.24, 2.45) is 0 Å². The third-order valence-corrected chi connectivity index (χ3v) is 4.52. The van der Waals surface area contributed by atoms with E-state index in [9.17, 15) is 9.90 Å². The molecule has 0 saturated heterocycles. The lowest BCUT2D eigenvalue weighted by Gasteiger charge is -2.37. The maximum absolute atomic E-state index is 12.4. The molecule has 4 heteroatoms. The number of carbonyl (C=O) groups excluding carboxylic acids is 1. The van der Waals surface area contributed by atoms with Crippen molar-refractivity contribution in [2.75, 3.05) is 7.05 Å². The van der Waals surface area contributed by atoms with Gasteiger partial charge in [0.15, 0.2) is 0 Å². The van der Waals surface area contributed by atoms with Crippen LogP contribution >= 0.6 is 15.9 Å². The molecule has 2 rings (SSSR count). The third-order valence-electron chi connectivity index (χ3n) is 3.99. The predicted molar refractivity (Wildman–Crippen MR) is 79.1 cm³/mol. The first-order chi connectivity index (χ1) is 8.89. The van der Waals surface area contributed by atoms with Gasteiger partial charge >= 0.3 is 0 Å². The number of rotatable bonds is 2. The quantitative estimate of drug-likeness (QED) is 0.907. The molecule has 0 spiro atoms. The normalized spacial score (nSPS) is 27.1. The van der Waals surface area contributed by atoms with E-state index < -0.39 is 5.60 Å². The minimum atomic E-state index is -0.558. The molecule has 0 heterocycles. The number of carbonyl (C=O) groups is 1. The van der Waals surface area contributed by atoms with Crippen LogP contribution in [0.1, 0.15) is 43.0 Å². The Morgan fingerprint density at radius 3 is 2.37 bits per heavy atom. The highest BCUT2D eigenvalue weighted by Crippen LogP contribution is 2.30. The Morgan fingerprint density at radius 1 is 1.32 bits per heavy atom. The molecule has 1 aromatic rings. The summed E-state index contributed by atoms with van der Waals surface area (Å²) in [5, 5.41) is 9.95. The number of hydrogen-bond acceptors (Lipinski definition) is 2. The van der Waals surface area contributed by atoms with Gasteiger partial charge in [-0.2, -0.15) is 0 Å². The Hall–Kier alpha value is -0.870. The van der Waals surface area contributed by atoms with Gasteiger partial charge in [-0.15, -0.1) is 0 Å². The van der Waals surface area contributed by atoms with Crippen molar-refractivity contribution in [1.29, 1.82) is 0 Å². The predicted octanol–water partition coefficient (Wildman–Crippen LogP) is 3.21. The molecule has 1 aliphatic carbocycles. The second kappa shape index (κ2) is 5.63. The fraction of sp³-hybridized carbons (Fsp3) is 0.533. The Morgan fingerprint density at radius 2 is 1.84 bits per heavy atom. The number of hydrogen-bond donors (Lipinski definition) is 1. The molecule has 1 fully saturated rings. The molecule has 0 radical (unpaired) electrons. The zero-order chi connectivity index (χ0) is 14.0. The van der Waals surface area contributed by atoms with Crippen molar-refractivity contribution in [3.05, 3.63) is 34.3 Å². The van der Waals surface area contributed by atoms with E-state index in [4.69, 9.17) is 0 Å². The summed E-state index contributed by atoms with van der Waals surface area (Å²) in [6.45, 7) is 1.87. The van der Waals surface area contributed by atoms with Gasteiger partial charge in [-0.05, 0) is 56.9 Å². The first kappa shape index (κ1) is 14.5. The molecule has 1 amide bonds. The van der Waals surface area contributed by atoms with Crippen LogP contribution in [0.2, 0.25) is 0 Å². The monoisotopic (exact) mass is 325 g/mol. The molecule has 0 unspecified atom stereocenters. The third kappa shape index (κ3) is 3.57. The van der Waals surface area contributed by atoms with Gasteiger partial charge in [-0.25, -0.2) is 0 Å². The van der Waals surface area contributed by atoms with E-state index in [1.54, 1.807) is 0 Å². The van der Waals surface area contributed by atoms with E-state index in [0.29, 0.717) is 5.56 Å². The van der Waals surface area contributed by atoms with Crippen molar-refractivity contribution in [2.45, 2.75) is 44.2 Å². The van der Waals surface area contributed by atoms with Crippen LogP contribution in [-0.4, -0.2) is 34.6 Å². The van der Waals surface area contributed by atoms with Gasteiger partial charge in [0.1, 0.15) is 0 Å². The lowest BCUT2D eigenvalue weighted by atomic mass is 9.83. The molecule has 0 bridgehead atoms. The molecule has 0 aliphatic heterocycles. The Labute approximate surface area is 122 Å². The van der Waals surface area contributed by atoms with Crippen molar-refractivity contribution in [1.82, 2.24) is 4.90 Å². The molecule has 1 aliphatic rings. The molecule has 104 valence electrons. The maximum Gasteiger partial charge on any atom is 0.253 e. The number of benzene rings is 1. The van der Waals surface area contributed by atoms with Crippen molar-refractivity contribution >= 4 is 21.8 Å². The summed E-state index contributed by atoms with van der Waals surface area (Å²) < 4.78 is 0.973. The summed E-state index contributed by atoms with van der Waals surface area (Å²) in [5.74, 6) is 0.0547. The smallest absolute Gasteiger partial charge is 0.253 e. The van der Waals surface area contributed by atoms with Crippen LogP contribution in [-0.2, 0) is 0 Å². The zero-order valence-corrected chi connectivity index (χ0v) is 13.0. The topological polar surface area (TPSA) is 40.5 Å². The van der Waals surface area contributed by atoms with Gasteiger partial charge < -0.3 is 10.0 Å². The van der Waals surface area contributed by atoms with Crippen molar-refractivity contribution < 1.29 is 9.90 Å². The van der Waals surface area contributed by atoms with Gasteiger partial charge in [0, 0.05) is 23.1 Å². The summed E-state index contributed by atoms with van der Waals surface area (Å²) in [7, 11) is 1.86. The van der Waals surface area contributed by atoms with Crippen LogP contribution in [0.15, 0.2) is 28.7 Å². The van der Waals surface area contributed by atoms with Gasteiger partial charge in [0.25, 0.3) is 5.91 Å². The second-order valence-electron chi connectivity index (χ2n) is 5.65. The molecule has 0 atom stereocenters. The van der Waals surface area contributed by atoms with E-state index in [1.807, 2.05) is 43.1 Å². The molecular weight excluding hydrogens is 306 g/mol. The van der Waals surface area contributed by atoms with E-state index in [1.165, 1.54) is 0 Å². The fourth-order valence-corrected chi connectivity index (χ4v) is 2.84. The Balaban J connectivity index is 2.02. The second-order valence-corrected chi connectivity index (χ2v) is 6.57. The molecule has 0 aromatic heterocycles. The summed E-state index contributed by atoms with van der Waals surface area (Å²) in [6, 6.07) is 7.67. The van der Waals surface area contributed by atoms with Crippen molar-refractivity contribution in [3.8, 4) is 0 Å². The molecular formula is C15H20BrNO2. The lowest BCUT2D eigenvalue weighted by Crippen LogP contribution is -2.43. The van der Waals surface area contributed by atoms with Crippen molar-refractivity contribution in [3.63, 3.8) is 0 Å². The fourth-order valence-electron chi connectivity index (χ4n) is 2.57. The highest BCUT2D eigenvalue weighted by Gasteiger charge is 2.32. The molecule has 1 aromatic carbocycles. The van der Waals surface area contributed by atoms with E-state index in [-0.39, 0.29) is 11.9 Å². The first-order valence-electron chi connectivity index (χ1n) is 6.64. The van der Waals surface area contributed by atoms with Gasteiger partial charge in [-0.3, -0.25) is 4.79 Å². The van der Waals surface area contributed by atoms with Gasteiger partial charge in [0.2, 0.25) is 0 Å². The van der Waals surface area contributed by atoms with E-state index in [0.717, 1.165) is 30.2 Å². The first-order valence-corrected chi connectivity index (χ1v) is 7.43. The highest BCUT2D eigenvalue weighted by atomic mass is 79.9. The number of amides is 1. The minimum absolute atomic E-state index is 0.0547. The van der Waals surface area contributed by atoms with Crippen LogP contribution in [0.5, 0.6) is 0 Å². The minimum Gasteiger partial charge on any atom is -0.390 e. The Kier molecular flexibility index (Phi) is 4.31. The molecule has 1 saturated carbocycles. The Bertz CT molecular complexity index is 446. The summed E-state index contributed by atoms with van der Waals surface area (Å²) in [4.78, 5) is 14.2.